The Bertz CT molecular complexity index is 1160. The van der Waals surface area contributed by atoms with Crippen LogP contribution in [0.15, 0.2) is 35.3 Å². The number of carbonyl (C=O) groups is 1. The van der Waals surface area contributed by atoms with Crippen LogP contribution in [0.3, 0.4) is 0 Å². The molecule has 2 N–H and O–H groups in total. The molecule has 1 aliphatic heterocycles. The van der Waals surface area contributed by atoms with Gasteiger partial charge in [0.05, 0.1) is 25.1 Å². The van der Waals surface area contributed by atoms with Crippen LogP contribution in [0.25, 0.3) is 0 Å². The minimum Gasteiger partial charge on any atom is -0.379 e. The summed E-state index contributed by atoms with van der Waals surface area (Å²) >= 11 is 6.46. The number of anilines is 2. The van der Waals surface area contributed by atoms with E-state index in [4.69, 9.17) is 16.3 Å². The molecule has 0 unspecified atom stereocenters. The first-order chi connectivity index (χ1) is 17.6. The van der Waals surface area contributed by atoms with Crippen molar-refractivity contribution in [3.05, 3.63) is 51.4 Å². The zero-order chi connectivity index (χ0) is 26.7. The van der Waals surface area contributed by atoms with Crippen LogP contribution in [0, 0.1) is 23.2 Å². The molecule has 4 atom stereocenters. The van der Waals surface area contributed by atoms with E-state index in [1.54, 1.807) is 6.20 Å². The molecule has 2 heterocycles. The molecule has 8 nitrogen and oxygen atoms in total. The molecule has 9 heteroatoms. The normalized spacial score (nSPS) is 25.5. The van der Waals surface area contributed by atoms with Gasteiger partial charge >= 0.3 is 0 Å². The lowest BCUT2D eigenvalue weighted by Gasteiger charge is -2.50. The zero-order valence-corrected chi connectivity index (χ0v) is 23.3. The van der Waals surface area contributed by atoms with Crippen molar-refractivity contribution in [2.45, 2.75) is 60.2 Å². The highest BCUT2D eigenvalue weighted by Gasteiger charge is 2.43. The van der Waals surface area contributed by atoms with Gasteiger partial charge in [0.15, 0.2) is 0 Å². The van der Waals surface area contributed by atoms with Crippen molar-refractivity contribution in [3.8, 4) is 0 Å². The Morgan fingerprint density at radius 2 is 1.95 bits per heavy atom. The van der Waals surface area contributed by atoms with Gasteiger partial charge < -0.3 is 20.3 Å². The summed E-state index contributed by atoms with van der Waals surface area (Å²) in [5, 5.41) is 10.7. The first kappa shape index (κ1) is 27.5. The fourth-order valence-electron chi connectivity index (χ4n) is 5.52. The molecular weight excluding hydrogens is 490 g/mol. The third kappa shape index (κ3) is 6.12. The van der Waals surface area contributed by atoms with E-state index in [1.165, 1.54) is 0 Å². The molecule has 1 saturated carbocycles. The molecule has 1 amide bonds. The Balaban J connectivity index is 1.36. The van der Waals surface area contributed by atoms with Crippen LogP contribution in [0.4, 0.5) is 11.4 Å². The van der Waals surface area contributed by atoms with Crippen LogP contribution in [-0.4, -0.2) is 48.0 Å². The monoisotopic (exact) mass is 529 g/mol. The van der Waals surface area contributed by atoms with Gasteiger partial charge in [0.2, 0.25) is 5.91 Å². The molecule has 2 fully saturated rings. The minimum atomic E-state index is -0.471. The van der Waals surface area contributed by atoms with E-state index in [0.717, 1.165) is 48.7 Å². The number of hydrogen-bond donors (Lipinski definition) is 2. The SMILES string of the molecule is C[C@@H]1[C@@H](C)C(C)(C)[C@@H](C)C[C@H]1Nc1cnn(CC(=O)NCc2cccc(N3CCOCC3)c2)c(=O)c1Cl. The molecule has 1 aromatic heterocycles. The van der Waals surface area contributed by atoms with E-state index in [2.05, 4.69) is 67.4 Å². The maximum atomic E-state index is 12.9. The highest BCUT2D eigenvalue weighted by molar-refractivity contribution is 6.32. The fraction of sp³-hybridized carbons (Fsp3) is 0.607. The zero-order valence-electron chi connectivity index (χ0n) is 22.6. The van der Waals surface area contributed by atoms with Crippen LogP contribution in [0.1, 0.15) is 46.6 Å². The molecule has 202 valence electrons. The summed E-state index contributed by atoms with van der Waals surface area (Å²) < 4.78 is 6.54. The van der Waals surface area contributed by atoms with Crippen LogP contribution in [0.5, 0.6) is 0 Å². The Labute approximate surface area is 224 Å². The quantitative estimate of drug-likeness (QED) is 0.559. The second-order valence-corrected chi connectivity index (χ2v) is 11.6. The molecule has 2 aromatic rings. The Hall–Kier alpha value is -2.58. The lowest BCUT2D eigenvalue weighted by Crippen LogP contribution is -2.48. The molecule has 1 aliphatic carbocycles. The van der Waals surface area contributed by atoms with Crippen LogP contribution < -0.4 is 21.1 Å². The van der Waals surface area contributed by atoms with E-state index in [0.29, 0.717) is 30.0 Å². The second kappa shape index (κ2) is 11.4. The van der Waals surface area contributed by atoms with Crippen molar-refractivity contribution in [3.63, 3.8) is 0 Å². The second-order valence-electron chi connectivity index (χ2n) is 11.2. The molecule has 0 radical (unpaired) electrons. The van der Waals surface area contributed by atoms with Crippen molar-refractivity contribution in [1.82, 2.24) is 15.1 Å². The molecule has 1 aromatic carbocycles. The number of hydrogen-bond acceptors (Lipinski definition) is 6. The summed E-state index contributed by atoms with van der Waals surface area (Å²) in [7, 11) is 0. The molecule has 2 aliphatic rings. The molecule has 4 rings (SSSR count). The van der Waals surface area contributed by atoms with E-state index in [9.17, 15) is 9.59 Å². The van der Waals surface area contributed by atoms with Crippen molar-refractivity contribution in [2.24, 2.45) is 23.2 Å². The van der Waals surface area contributed by atoms with E-state index in [1.807, 2.05) is 12.1 Å². The lowest BCUT2D eigenvalue weighted by atomic mass is 9.58. The number of halogens is 1. The van der Waals surface area contributed by atoms with Gasteiger partial charge in [-0.1, -0.05) is 58.4 Å². The van der Waals surface area contributed by atoms with Crippen molar-refractivity contribution >= 4 is 28.9 Å². The number of benzene rings is 1. The van der Waals surface area contributed by atoms with Crippen LogP contribution in [-0.2, 0) is 22.6 Å². The van der Waals surface area contributed by atoms with Gasteiger partial charge in [-0.2, -0.15) is 5.10 Å². The Kier molecular flexibility index (Phi) is 8.49. The topological polar surface area (TPSA) is 88.5 Å². The van der Waals surface area contributed by atoms with Crippen molar-refractivity contribution < 1.29 is 9.53 Å². The number of aromatic nitrogens is 2. The summed E-state index contributed by atoms with van der Waals surface area (Å²) in [4.78, 5) is 27.8. The van der Waals surface area contributed by atoms with Gasteiger partial charge in [0, 0.05) is 31.4 Å². The molecule has 0 bridgehead atoms. The lowest BCUT2D eigenvalue weighted by molar-refractivity contribution is -0.122. The smallest absolute Gasteiger partial charge is 0.288 e. The van der Waals surface area contributed by atoms with Gasteiger partial charge in [-0.3, -0.25) is 9.59 Å². The number of ether oxygens (including phenoxy) is 1. The highest BCUT2D eigenvalue weighted by Crippen LogP contribution is 2.48. The number of carbonyl (C=O) groups excluding carboxylic acids is 1. The van der Waals surface area contributed by atoms with Crippen LogP contribution >= 0.6 is 11.6 Å². The van der Waals surface area contributed by atoms with Crippen molar-refractivity contribution in [2.75, 3.05) is 36.5 Å². The summed E-state index contributed by atoms with van der Waals surface area (Å²) in [5.41, 5.74) is 2.41. The maximum Gasteiger partial charge on any atom is 0.288 e. The number of morpholine rings is 1. The molecule has 37 heavy (non-hydrogen) atoms. The minimum absolute atomic E-state index is 0.0679. The third-order valence-corrected chi connectivity index (χ3v) is 9.24. The van der Waals surface area contributed by atoms with Crippen LogP contribution in [0.2, 0.25) is 5.02 Å². The maximum absolute atomic E-state index is 12.9. The molecule has 1 saturated heterocycles. The summed E-state index contributed by atoms with van der Waals surface area (Å²) in [6.45, 7) is 14.8. The first-order valence-electron chi connectivity index (χ1n) is 13.3. The largest absolute Gasteiger partial charge is 0.379 e. The Morgan fingerprint density at radius 1 is 1.22 bits per heavy atom. The standard InChI is InChI=1S/C28H40ClN5O3/c1-18-13-23(19(2)20(3)28(18,4)5)32-24-16-31-34(27(36)26(24)29)17-25(35)30-15-21-7-6-8-22(14-21)33-9-11-37-12-10-33/h6-8,14,16,18-20,23,32H,9-13,15,17H2,1-5H3,(H,30,35)/t18-,19+,20+,23+/m0/s1. The van der Waals surface area contributed by atoms with E-state index >= 15 is 0 Å². The third-order valence-electron chi connectivity index (χ3n) is 8.87. The van der Waals surface area contributed by atoms with Gasteiger partial charge in [0.1, 0.15) is 11.6 Å². The average molecular weight is 530 g/mol. The van der Waals surface area contributed by atoms with E-state index in [-0.39, 0.29) is 28.9 Å². The van der Waals surface area contributed by atoms with Gasteiger partial charge in [-0.15, -0.1) is 0 Å². The number of nitrogens with zero attached hydrogens (tertiary/aromatic N) is 3. The number of amides is 1. The van der Waals surface area contributed by atoms with Gasteiger partial charge in [-0.05, 0) is 47.3 Å². The molecular formula is C28H40ClN5O3. The van der Waals surface area contributed by atoms with Gasteiger partial charge in [0.25, 0.3) is 5.56 Å². The average Bonchev–Trinajstić information content (AvgIpc) is 2.90. The Morgan fingerprint density at radius 3 is 2.68 bits per heavy atom. The fourth-order valence-corrected chi connectivity index (χ4v) is 5.72. The number of nitrogens with one attached hydrogen (secondary N) is 2. The first-order valence-corrected chi connectivity index (χ1v) is 13.7. The van der Waals surface area contributed by atoms with E-state index < -0.39 is 5.56 Å². The summed E-state index contributed by atoms with van der Waals surface area (Å²) in [5.74, 6) is 1.16. The highest BCUT2D eigenvalue weighted by atomic mass is 35.5. The predicted molar refractivity (Wildman–Crippen MR) is 148 cm³/mol. The predicted octanol–water partition coefficient (Wildman–Crippen LogP) is 4.17. The molecule has 0 spiro atoms. The van der Waals surface area contributed by atoms with Gasteiger partial charge in [-0.25, -0.2) is 4.68 Å². The van der Waals surface area contributed by atoms with Crippen molar-refractivity contribution in [1.29, 1.82) is 0 Å². The number of rotatable bonds is 7. The summed E-state index contributed by atoms with van der Waals surface area (Å²) in [6, 6.07) is 8.29. The summed E-state index contributed by atoms with van der Waals surface area (Å²) in [6.07, 6.45) is 2.55.